The lowest BCUT2D eigenvalue weighted by atomic mass is 9.90. The highest BCUT2D eigenvalue weighted by Gasteiger charge is 2.41. The van der Waals surface area contributed by atoms with Gasteiger partial charge in [-0.15, -0.1) is 0 Å². The third-order valence-corrected chi connectivity index (χ3v) is 5.02. The van der Waals surface area contributed by atoms with E-state index in [4.69, 9.17) is 5.26 Å². The summed E-state index contributed by atoms with van der Waals surface area (Å²) in [7, 11) is -4.32. The van der Waals surface area contributed by atoms with Gasteiger partial charge in [-0.3, -0.25) is 9.59 Å². The molecule has 0 bridgehead atoms. The molecular weight excluding hydrogens is 347 g/mol. The van der Waals surface area contributed by atoms with Crippen LogP contribution in [-0.2, 0) is 14.6 Å². The van der Waals surface area contributed by atoms with Crippen LogP contribution in [0.5, 0.6) is 0 Å². The molecule has 1 unspecified atom stereocenters. The standard InChI is InChI=1S/C15H12F3NO4S/c1-6-9(14(21)8(5-19)13(20)7-3-4-7)10(16)11(17)12(18)15(6)24(2,22)23/h7-8H,3-4H2,1-2H3. The van der Waals surface area contributed by atoms with Crippen molar-refractivity contribution in [2.45, 2.75) is 24.7 Å². The highest BCUT2D eigenvalue weighted by Crippen LogP contribution is 2.35. The topological polar surface area (TPSA) is 92.1 Å². The molecule has 0 aliphatic heterocycles. The summed E-state index contributed by atoms with van der Waals surface area (Å²) in [5.74, 6) is -10.5. The Morgan fingerprint density at radius 2 is 1.71 bits per heavy atom. The van der Waals surface area contributed by atoms with Crippen LogP contribution in [0, 0.1) is 47.5 Å². The second kappa shape index (κ2) is 6.02. The van der Waals surface area contributed by atoms with Gasteiger partial charge < -0.3 is 0 Å². The van der Waals surface area contributed by atoms with Gasteiger partial charge in [0.2, 0.25) is 0 Å². The van der Waals surface area contributed by atoms with Gasteiger partial charge in [-0.2, -0.15) is 5.26 Å². The number of hydrogen-bond acceptors (Lipinski definition) is 5. The van der Waals surface area contributed by atoms with Crippen molar-refractivity contribution in [3.8, 4) is 6.07 Å². The SMILES string of the molecule is Cc1c(C(=O)C(C#N)C(=O)C2CC2)c(F)c(F)c(F)c1S(C)(=O)=O. The Morgan fingerprint density at radius 3 is 2.12 bits per heavy atom. The van der Waals surface area contributed by atoms with Crippen molar-refractivity contribution < 1.29 is 31.2 Å². The summed E-state index contributed by atoms with van der Waals surface area (Å²) in [6, 6.07) is 1.44. The van der Waals surface area contributed by atoms with E-state index < -0.39 is 66.7 Å². The summed E-state index contributed by atoms with van der Waals surface area (Å²) >= 11 is 0. The normalized spacial score (nSPS) is 15.7. The van der Waals surface area contributed by atoms with Crippen LogP contribution in [0.15, 0.2) is 4.90 Å². The first-order chi connectivity index (χ1) is 11.0. The zero-order valence-corrected chi connectivity index (χ0v) is 13.5. The van der Waals surface area contributed by atoms with Gasteiger partial charge >= 0.3 is 0 Å². The van der Waals surface area contributed by atoms with E-state index in [1.54, 1.807) is 0 Å². The molecule has 1 saturated carbocycles. The van der Waals surface area contributed by atoms with Crippen molar-refractivity contribution in [2.24, 2.45) is 11.8 Å². The smallest absolute Gasteiger partial charge is 0.196 e. The van der Waals surface area contributed by atoms with Crippen molar-refractivity contribution in [3.05, 3.63) is 28.6 Å². The monoisotopic (exact) mass is 359 g/mol. The molecule has 0 spiro atoms. The lowest BCUT2D eigenvalue weighted by Gasteiger charge is -2.14. The first kappa shape index (κ1) is 18.1. The second-order valence-corrected chi connectivity index (χ2v) is 7.60. The second-order valence-electron chi connectivity index (χ2n) is 5.65. The van der Waals surface area contributed by atoms with Gasteiger partial charge in [-0.1, -0.05) is 0 Å². The number of halogens is 3. The number of nitriles is 1. The number of carbonyl (C=O) groups is 2. The number of rotatable bonds is 5. The highest BCUT2D eigenvalue weighted by atomic mass is 32.2. The van der Waals surface area contributed by atoms with Crippen LogP contribution < -0.4 is 0 Å². The number of ketones is 2. The van der Waals surface area contributed by atoms with E-state index in [-0.39, 0.29) is 0 Å². The molecule has 0 N–H and O–H groups in total. The molecule has 1 fully saturated rings. The Labute approximate surface area is 136 Å². The van der Waals surface area contributed by atoms with Crippen LogP contribution in [0.4, 0.5) is 13.2 Å². The Morgan fingerprint density at radius 1 is 1.17 bits per heavy atom. The number of sulfone groups is 1. The molecule has 0 saturated heterocycles. The molecule has 1 aliphatic rings. The van der Waals surface area contributed by atoms with Crippen molar-refractivity contribution in [3.63, 3.8) is 0 Å². The summed E-state index contributed by atoms with van der Waals surface area (Å²) in [6.07, 6.45) is 1.54. The third kappa shape index (κ3) is 2.94. The van der Waals surface area contributed by atoms with Gasteiger partial charge in [-0.25, -0.2) is 21.6 Å². The van der Waals surface area contributed by atoms with E-state index in [1.165, 1.54) is 6.07 Å². The first-order valence-corrected chi connectivity index (χ1v) is 8.76. The van der Waals surface area contributed by atoms with Crippen molar-refractivity contribution in [1.29, 1.82) is 5.26 Å². The maximum atomic E-state index is 14.1. The molecule has 0 aromatic heterocycles. The van der Waals surface area contributed by atoms with Crippen LogP contribution in [0.1, 0.15) is 28.8 Å². The number of benzene rings is 1. The fourth-order valence-corrected chi connectivity index (χ4v) is 3.56. The van der Waals surface area contributed by atoms with E-state index in [9.17, 15) is 31.2 Å². The lowest BCUT2D eigenvalue weighted by Crippen LogP contribution is -2.27. The van der Waals surface area contributed by atoms with E-state index in [0.29, 0.717) is 19.1 Å². The van der Waals surface area contributed by atoms with Crippen LogP contribution in [0.25, 0.3) is 0 Å². The van der Waals surface area contributed by atoms with Gasteiger partial charge in [0.1, 0.15) is 4.90 Å². The Bertz CT molecular complexity index is 899. The van der Waals surface area contributed by atoms with Crippen LogP contribution >= 0.6 is 0 Å². The average Bonchev–Trinajstić information content (AvgIpc) is 3.28. The summed E-state index contributed by atoms with van der Waals surface area (Å²) in [4.78, 5) is 23.2. The van der Waals surface area contributed by atoms with Crippen LogP contribution in [-0.4, -0.2) is 26.2 Å². The molecule has 1 atom stereocenters. The minimum absolute atomic E-state index is 0.484. The highest BCUT2D eigenvalue weighted by molar-refractivity contribution is 7.90. The van der Waals surface area contributed by atoms with Gasteiger partial charge in [0.25, 0.3) is 0 Å². The zero-order chi connectivity index (χ0) is 18.4. The van der Waals surface area contributed by atoms with Gasteiger partial charge in [0.15, 0.2) is 44.8 Å². The lowest BCUT2D eigenvalue weighted by molar-refractivity contribution is -0.121. The molecule has 128 valence electrons. The Kier molecular flexibility index (Phi) is 4.55. The van der Waals surface area contributed by atoms with Gasteiger partial charge in [-0.05, 0) is 25.3 Å². The van der Waals surface area contributed by atoms with Gasteiger partial charge in [0, 0.05) is 12.2 Å². The molecular formula is C15H12F3NO4S. The summed E-state index contributed by atoms with van der Waals surface area (Å²) in [6.45, 7) is 0.922. The van der Waals surface area contributed by atoms with E-state index in [1.807, 2.05) is 0 Å². The zero-order valence-electron chi connectivity index (χ0n) is 12.7. The molecule has 5 nitrogen and oxygen atoms in total. The number of hydrogen-bond donors (Lipinski definition) is 0. The maximum absolute atomic E-state index is 14.1. The number of nitrogens with zero attached hydrogens (tertiary/aromatic N) is 1. The van der Waals surface area contributed by atoms with Crippen LogP contribution in [0.3, 0.4) is 0 Å². The van der Waals surface area contributed by atoms with E-state index >= 15 is 0 Å². The summed E-state index contributed by atoms with van der Waals surface area (Å²) < 4.78 is 64.9. The molecule has 0 amide bonds. The Hall–Kier alpha value is -2.21. The van der Waals surface area contributed by atoms with Crippen molar-refractivity contribution >= 4 is 21.4 Å². The molecule has 0 radical (unpaired) electrons. The molecule has 0 heterocycles. The molecule has 1 aliphatic carbocycles. The summed E-state index contributed by atoms with van der Waals surface area (Å²) in [5.41, 5.74) is -1.75. The minimum Gasteiger partial charge on any atom is -0.297 e. The molecule has 1 aromatic carbocycles. The first-order valence-electron chi connectivity index (χ1n) is 6.87. The van der Waals surface area contributed by atoms with E-state index in [0.717, 1.165) is 6.92 Å². The van der Waals surface area contributed by atoms with Crippen molar-refractivity contribution in [1.82, 2.24) is 0 Å². The molecule has 1 aromatic rings. The van der Waals surface area contributed by atoms with E-state index in [2.05, 4.69) is 0 Å². The quantitative estimate of drug-likeness (QED) is 0.347. The van der Waals surface area contributed by atoms with Crippen LogP contribution in [0.2, 0.25) is 0 Å². The molecule has 2 rings (SSSR count). The minimum atomic E-state index is -4.32. The fourth-order valence-electron chi connectivity index (χ4n) is 2.48. The third-order valence-electron chi connectivity index (χ3n) is 3.79. The fraction of sp³-hybridized carbons (Fsp3) is 0.400. The average molecular weight is 359 g/mol. The number of carbonyl (C=O) groups excluding carboxylic acids is 2. The van der Waals surface area contributed by atoms with Crippen molar-refractivity contribution in [2.75, 3.05) is 6.26 Å². The predicted octanol–water partition coefficient (Wildman–Crippen LogP) is 2.12. The largest absolute Gasteiger partial charge is 0.297 e. The Balaban J connectivity index is 2.70. The molecule has 9 heteroatoms. The maximum Gasteiger partial charge on any atom is 0.196 e. The summed E-state index contributed by atoms with van der Waals surface area (Å²) in [5, 5.41) is 9.04. The van der Waals surface area contributed by atoms with Gasteiger partial charge in [0.05, 0.1) is 11.6 Å². The molecule has 24 heavy (non-hydrogen) atoms. The number of Topliss-reactive ketones (excluding diaryl/α,β-unsaturated/α-hetero) is 2. The predicted molar refractivity (Wildman–Crippen MR) is 75.3 cm³/mol.